The van der Waals surface area contributed by atoms with Gasteiger partial charge in [-0.2, -0.15) is 8.42 Å². The van der Waals surface area contributed by atoms with E-state index in [0.717, 1.165) is 92.6 Å². The molecule has 4 fully saturated rings. The lowest BCUT2D eigenvalue weighted by Crippen LogP contribution is -2.39. The molecule has 2 amide bonds. The lowest BCUT2D eigenvalue weighted by Gasteiger charge is -2.27. The zero-order chi connectivity index (χ0) is 30.6. The summed E-state index contributed by atoms with van der Waals surface area (Å²) in [4.78, 5) is 29.3. The van der Waals surface area contributed by atoms with E-state index in [4.69, 9.17) is 9.88 Å². The van der Waals surface area contributed by atoms with Gasteiger partial charge in [0.2, 0.25) is 5.91 Å². The lowest BCUT2D eigenvalue weighted by molar-refractivity contribution is -0.136. The molecule has 4 aliphatic rings. The first kappa shape index (κ1) is 29.3. The molecule has 0 spiro atoms. The van der Waals surface area contributed by atoms with E-state index in [1.807, 2.05) is 22.9 Å². The van der Waals surface area contributed by atoms with Crippen molar-refractivity contribution in [2.24, 2.45) is 22.4 Å². The van der Waals surface area contributed by atoms with Crippen molar-refractivity contribution in [3.8, 4) is 17.0 Å². The maximum atomic E-state index is 14.2. The Hall–Kier alpha value is -3.41. The molecule has 2 saturated carbocycles. The number of amides is 2. The topological polar surface area (TPSA) is 136 Å². The van der Waals surface area contributed by atoms with Crippen molar-refractivity contribution in [1.29, 1.82) is 0 Å². The average Bonchev–Trinajstić information content (AvgIpc) is 3.32. The minimum Gasteiger partial charge on any atom is -0.497 e. The average molecular weight is 620 g/mol. The van der Waals surface area contributed by atoms with Gasteiger partial charge in [-0.05, 0) is 91.0 Å². The van der Waals surface area contributed by atoms with E-state index in [2.05, 4.69) is 26.9 Å². The molecule has 7 rings (SSSR count). The fraction of sp³-hybridized carbons (Fsp3) is 0.515. The summed E-state index contributed by atoms with van der Waals surface area (Å²) in [5.41, 5.74) is 3.89. The van der Waals surface area contributed by atoms with E-state index in [1.165, 1.54) is 12.0 Å². The van der Waals surface area contributed by atoms with E-state index in [1.54, 1.807) is 19.2 Å². The Morgan fingerprint density at radius 1 is 1.02 bits per heavy atom. The van der Waals surface area contributed by atoms with Crippen LogP contribution in [0.3, 0.4) is 0 Å². The van der Waals surface area contributed by atoms with Gasteiger partial charge in [0.25, 0.3) is 16.1 Å². The second-order valence-electron chi connectivity index (χ2n) is 13.3. The highest BCUT2D eigenvalue weighted by Gasteiger charge is 2.54. The molecule has 0 bridgehead atoms. The van der Waals surface area contributed by atoms with Gasteiger partial charge in [-0.1, -0.05) is 25.3 Å². The van der Waals surface area contributed by atoms with Crippen molar-refractivity contribution < 1.29 is 22.7 Å². The van der Waals surface area contributed by atoms with Crippen molar-refractivity contribution in [3.63, 3.8) is 0 Å². The highest BCUT2D eigenvalue weighted by molar-refractivity contribution is 7.87. The summed E-state index contributed by atoms with van der Waals surface area (Å²) >= 11 is 0. The van der Waals surface area contributed by atoms with Gasteiger partial charge in [0.15, 0.2) is 0 Å². The Balaban J connectivity index is 1.37. The predicted octanol–water partition coefficient (Wildman–Crippen LogP) is 3.76. The molecule has 2 aliphatic carbocycles. The number of rotatable bonds is 8. The SMILES string of the molecule is COc1ccc(-c2c(C3CCCCC3)c3ccc(C(=O)NS(N)(=O)=O)cc3n2CC2(C(=O)N3CC4CNCC4C3)CC2)cc1. The Morgan fingerprint density at radius 3 is 2.32 bits per heavy atom. The van der Waals surface area contributed by atoms with E-state index in [9.17, 15) is 18.0 Å². The van der Waals surface area contributed by atoms with Crippen molar-refractivity contribution in [1.82, 2.24) is 19.5 Å². The van der Waals surface area contributed by atoms with Gasteiger partial charge in [-0.3, -0.25) is 9.59 Å². The van der Waals surface area contributed by atoms with Gasteiger partial charge in [-0.15, -0.1) is 0 Å². The van der Waals surface area contributed by atoms with E-state index < -0.39 is 21.5 Å². The summed E-state index contributed by atoms with van der Waals surface area (Å²) in [7, 11) is -2.57. The second-order valence-corrected chi connectivity index (χ2v) is 14.6. The first-order valence-corrected chi connectivity index (χ1v) is 17.4. The van der Waals surface area contributed by atoms with Gasteiger partial charge >= 0.3 is 0 Å². The standard InChI is InChI=1S/C33H41N5O5S/c1-43-26-10-7-22(8-11-26)30-29(21-5-3-2-4-6-21)27-12-9-23(31(39)36-44(34,41)42)15-28(27)38(30)20-33(13-14-33)32(40)37-18-24-16-35-17-25(24)19-37/h7-12,15,21,24-25,35H,2-6,13-14,16-20H2,1H3,(H,36,39)(H2,34,41,42). The highest BCUT2D eigenvalue weighted by Crippen LogP contribution is 2.53. The van der Waals surface area contributed by atoms with Crippen LogP contribution in [0.2, 0.25) is 0 Å². The van der Waals surface area contributed by atoms with Gasteiger partial charge < -0.3 is 19.5 Å². The molecule has 2 aliphatic heterocycles. The van der Waals surface area contributed by atoms with Crippen molar-refractivity contribution in [2.75, 3.05) is 33.3 Å². The highest BCUT2D eigenvalue weighted by atomic mass is 32.2. The van der Waals surface area contributed by atoms with Crippen LogP contribution in [0.1, 0.15) is 66.8 Å². The van der Waals surface area contributed by atoms with Crippen LogP contribution in [-0.2, 0) is 21.5 Å². The summed E-state index contributed by atoms with van der Waals surface area (Å²) < 4.78 is 33.0. The van der Waals surface area contributed by atoms with Crippen LogP contribution in [0.5, 0.6) is 5.75 Å². The summed E-state index contributed by atoms with van der Waals surface area (Å²) in [6.07, 6.45) is 7.32. The molecule has 11 heteroatoms. The van der Waals surface area contributed by atoms with Crippen molar-refractivity contribution in [2.45, 2.75) is 57.4 Å². The maximum Gasteiger partial charge on any atom is 0.298 e. The minimum atomic E-state index is -4.22. The number of carbonyl (C=O) groups is 2. The third-order valence-electron chi connectivity index (χ3n) is 10.4. The lowest BCUT2D eigenvalue weighted by atomic mass is 9.81. The molecule has 44 heavy (non-hydrogen) atoms. The normalized spacial score (nSPS) is 23.1. The summed E-state index contributed by atoms with van der Waals surface area (Å²) in [6.45, 7) is 4.06. The molecular formula is C33H41N5O5S. The zero-order valence-electron chi connectivity index (χ0n) is 25.2. The zero-order valence-corrected chi connectivity index (χ0v) is 26.0. The number of ether oxygens (including phenoxy) is 1. The molecular weight excluding hydrogens is 578 g/mol. The van der Waals surface area contributed by atoms with Gasteiger partial charge in [0, 0.05) is 49.2 Å². The molecule has 0 radical (unpaired) electrons. The molecule has 2 aromatic carbocycles. The molecule has 234 valence electrons. The minimum absolute atomic E-state index is 0.206. The number of nitrogens with zero attached hydrogens (tertiary/aromatic N) is 2. The summed E-state index contributed by atoms with van der Waals surface area (Å²) in [6, 6.07) is 13.4. The molecule has 2 atom stereocenters. The summed E-state index contributed by atoms with van der Waals surface area (Å²) in [5, 5.41) is 9.65. The molecule has 1 aromatic heterocycles. The van der Waals surface area contributed by atoms with E-state index in [-0.39, 0.29) is 11.5 Å². The number of benzene rings is 2. The Bertz CT molecular complexity index is 1690. The number of nitrogens with one attached hydrogen (secondary N) is 2. The molecule has 4 N–H and O–H groups in total. The number of likely N-dealkylation sites (tertiary alicyclic amines) is 1. The number of aromatic nitrogens is 1. The van der Waals surface area contributed by atoms with Crippen LogP contribution in [0, 0.1) is 17.3 Å². The molecule has 3 heterocycles. The van der Waals surface area contributed by atoms with E-state index >= 15 is 0 Å². The predicted molar refractivity (Wildman–Crippen MR) is 168 cm³/mol. The Labute approximate surface area is 258 Å². The van der Waals surface area contributed by atoms with Crippen molar-refractivity contribution in [3.05, 3.63) is 53.6 Å². The van der Waals surface area contributed by atoms with Crippen LogP contribution in [0.25, 0.3) is 22.2 Å². The van der Waals surface area contributed by atoms with Crippen LogP contribution in [-0.4, -0.2) is 63.0 Å². The Kier molecular flexibility index (Phi) is 7.45. The van der Waals surface area contributed by atoms with Crippen LogP contribution < -0.4 is 19.9 Å². The van der Waals surface area contributed by atoms with Crippen LogP contribution in [0.4, 0.5) is 0 Å². The molecule has 2 saturated heterocycles. The van der Waals surface area contributed by atoms with Gasteiger partial charge in [-0.25, -0.2) is 9.86 Å². The number of methoxy groups -OCH3 is 1. The molecule has 2 unspecified atom stereocenters. The first-order chi connectivity index (χ1) is 21.2. The van der Waals surface area contributed by atoms with Crippen molar-refractivity contribution >= 4 is 32.9 Å². The van der Waals surface area contributed by atoms with Crippen LogP contribution in [0.15, 0.2) is 42.5 Å². The van der Waals surface area contributed by atoms with Gasteiger partial charge in [0.1, 0.15) is 5.75 Å². The first-order valence-electron chi connectivity index (χ1n) is 15.8. The number of hydrogen-bond donors (Lipinski definition) is 3. The number of carbonyl (C=O) groups excluding carboxylic acids is 2. The Morgan fingerprint density at radius 2 is 1.70 bits per heavy atom. The quantitative estimate of drug-likeness (QED) is 0.352. The summed E-state index contributed by atoms with van der Waals surface area (Å²) in [5.74, 6) is 1.61. The number of nitrogens with two attached hydrogens (primary N) is 1. The molecule has 3 aromatic rings. The second kappa shape index (κ2) is 11.2. The third-order valence-corrected chi connectivity index (χ3v) is 10.9. The van der Waals surface area contributed by atoms with Crippen LogP contribution >= 0.6 is 0 Å². The fourth-order valence-corrected chi connectivity index (χ4v) is 8.36. The van der Waals surface area contributed by atoms with Gasteiger partial charge in [0.05, 0.1) is 18.2 Å². The monoisotopic (exact) mass is 619 g/mol. The van der Waals surface area contributed by atoms with E-state index in [0.29, 0.717) is 24.3 Å². The number of hydrogen-bond acceptors (Lipinski definition) is 6. The number of fused-ring (bicyclic) bond motifs is 2. The smallest absolute Gasteiger partial charge is 0.298 e. The fourth-order valence-electron chi connectivity index (χ4n) is 7.98. The third kappa shape index (κ3) is 5.39. The largest absolute Gasteiger partial charge is 0.497 e. The maximum absolute atomic E-state index is 14.2. The molecule has 10 nitrogen and oxygen atoms in total.